The van der Waals surface area contributed by atoms with E-state index in [-0.39, 0.29) is 18.2 Å². The van der Waals surface area contributed by atoms with Gasteiger partial charge in [0.25, 0.3) is 0 Å². The van der Waals surface area contributed by atoms with Gasteiger partial charge in [-0.2, -0.15) is 12.7 Å². The van der Waals surface area contributed by atoms with Crippen molar-refractivity contribution in [3.05, 3.63) is 29.3 Å². The van der Waals surface area contributed by atoms with Crippen LogP contribution in [0.5, 0.6) is 5.75 Å². The molecule has 0 saturated carbocycles. The first-order valence-electron chi connectivity index (χ1n) is 6.18. The second-order valence-electron chi connectivity index (χ2n) is 5.47. The molecule has 1 heterocycles. The summed E-state index contributed by atoms with van der Waals surface area (Å²) in [6, 6.07) is 5.45. The lowest BCUT2D eigenvalue weighted by Gasteiger charge is -2.24. The fourth-order valence-corrected chi connectivity index (χ4v) is 2.67. The van der Waals surface area contributed by atoms with E-state index in [0.29, 0.717) is 0 Å². The van der Waals surface area contributed by atoms with Gasteiger partial charge in [-0.25, -0.2) is 0 Å². The maximum atomic E-state index is 11.0. The maximum absolute atomic E-state index is 11.0. The molecule has 1 aliphatic rings. The molecule has 1 atom stereocenters. The van der Waals surface area contributed by atoms with E-state index in [0.717, 1.165) is 21.2 Å². The summed E-state index contributed by atoms with van der Waals surface area (Å²) in [5, 5.41) is 0. The minimum absolute atomic E-state index is 0.0971. The summed E-state index contributed by atoms with van der Waals surface area (Å²) in [5.74, 6) is 0.736. The molecular formula is C13H19NO5S. The molecule has 0 amide bonds. The first kappa shape index (κ1) is 15.2. The molecule has 112 valence electrons. The molecule has 0 bridgehead atoms. The topological polar surface area (TPSA) is 76.1 Å². The molecule has 1 N–H and O–H groups in total. The SMILES string of the molecule is COC1Oc2ccc(CN(C)S(=O)(=O)O)cc2C1(C)C. The monoisotopic (exact) mass is 301 g/mol. The molecule has 20 heavy (non-hydrogen) atoms. The molecule has 0 saturated heterocycles. The number of methoxy groups -OCH3 is 1. The highest BCUT2D eigenvalue weighted by atomic mass is 32.2. The van der Waals surface area contributed by atoms with Gasteiger partial charge in [-0.15, -0.1) is 0 Å². The molecule has 6 nitrogen and oxygen atoms in total. The van der Waals surface area contributed by atoms with E-state index in [2.05, 4.69) is 0 Å². The lowest BCUT2D eigenvalue weighted by atomic mass is 9.84. The Bertz CT molecular complexity index is 611. The summed E-state index contributed by atoms with van der Waals surface area (Å²) in [7, 11) is -1.27. The number of fused-ring (bicyclic) bond motifs is 1. The molecule has 1 aliphatic heterocycles. The molecule has 0 aromatic heterocycles. The van der Waals surface area contributed by atoms with Crippen LogP contribution in [0.4, 0.5) is 0 Å². The normalized spacial score (nSPS) is 20.8. The van der Waals surface area contributed by atoms with Crippen LogP contribution in [0.15, 0.2) is 18.2 Å². The van der Waals surface area contributed by atoms with Crippen molar-refractivity contribution in [1.29, 1.82) is 0 Å². The summed E-state index contributed by atoms with van der Waals surface area (Å²) in [6.45, 7) is 4.10. The third-order valence-electron chi connectivity index (χ3n) is 3.57. The first-order chi connectivity index (χ1) is 9.16. The van der Waals surface area contributed by atoms with Crippen molar-refractivity contribution in [3.63, 3.8) is 0 Å². The van der Waals surface area contributed by atoms with E-state index in [1.165, 1.54) is 7.05 Å². The van der Waals surface area contributed by atoms with Gasteiger partial charge in [0.15, 0.2) is 0 Å². The van der Waals surface area contributed by atoms with E-state index < -0.39 is 10.3 Å². The van der Waals surface area contributed by atoms with Crippen LogP contribution in [0.1, 0.15) is 25.0 Å². The van der Waals surface area contributed by atoms with Gasteiger partial charge in [-0.05, 0) is 31.5 Å². The Balaban J connectivity index is 2.31. The number of rotatable bonds is 4. The van der Waals surface area contributed by atoms with Crippen LogP contribution >= 0.6 is 0 Å². The Morgan fingerprint density at radius 3 is 2.65 bits per heavy atom. The van der Waals surface area contributed by atoms with Crippen molar-refractivity contribution in [3.8, 4) is 5.75 Å². The Morgan fingerprint density at radius 1 is 1.45 bits per heavy atom. The third kappa shape index (κ3) is 2.67. The van der Waals surface area contributed by atoms with E-state index in [1.807, 2.05) is 19.9 Å². The minimum atomic E-state index is -4.18. The second kappa shape index (κ2) is 5.00. The standard InChI is InChI=1S/C13H19NO5S/c1-13(2)10-7-9(8-14(3)20(15,16)17)5-6-11(10)19-12(13)18-4/h5-7,12H,8H2,1-4H3,(H,15,16,17). The Hall–Kier alpha value is -1.15. The number of benzene rings is 1. The average Bonchev–Trinajstić information content (AvgIpc) is 2.59. The summed E-state index contributed by atoms with van der Waals surface area (Å²) >= 11 is 0. The summed E-state index contributed by atoms with van der Waals surface area (Å²) < 4.78 is 42.9. The van der Waals surface area contributed by atoms with Crippen molar-refractivity contribution in [2.45, 2.75) is 32.1 Å². The van der Waals surface area contributed by atoms with E-state index in [1.54, 1.807) is 19.2 Å². The highest BCUT2D eigenvalue weighted by Crippen LogP contribution is 2.43. The zero-order valence-corrected chi connectivity index (χ0v) is 12.8. The van der Waals surface area contributed by atoms with Gasteiger partial charge in [-0.3, -0.25) is 4.55 Å². The van der Waals surface area contributed by atoms with Gasteiger partial charge < -0.3 is 9.47 Å². The molecule has 2 rings (SSSR count). The Labute approximate surface area is 119 Å². The molecule has 1 aromatic carbocycles. The van der Waals surface area contributed by atoms with Crippen LogP contribution in [0.3, 0.4) is 0 Å². The predicted molar refractivity (Wildman–Crippen MR) is 73.9 cm³/mol. The zero-order chi connectivity index (χ0) is 15.1. The number of hydrogen-bond donors (Lipinski definition) is 1. The summed E-state index contributed by atoms with van der Waals surface area (Å²) in [4.78, 5) is 0. The lowest BCUT2D eigenvalue weighted by molar-refractivity contribution is -0.0779. The highest BCUT2D eigenvalue weighted by molar-refractivity contribution is 7.83. The molecule has 0 radical (unpaired) electrons. The van der Waals surface area contributed by atoms with Crippen LogP contribution in [-0.4, -0.2) is 37.7 Å². The molecule has 0 spiro atoms. The Kier molecular flexibility index (Phi) is 3.81. The number of nitrogens with zero attached hydrogens (tertiary/aromatic N) is 1. The van der Waals surface area contributed by atoms with Gasteiger partial charge in [-0.1, -0.05) is 6.07 Å². The van der Waals surface area contributed by atoms with Crippen molar-refractivity contribution >= 4 is 10.3 Å². The second-order valence-corrected chi connectivity index (χ2v) is 6.99. The minimum Gasteiger partial charge on any atom is -0.464 e. The van der Waals surface area contributed by atoms with Crippen LogP contribution in [-0.2, 0) is 27.0 Å². The van der Waals surface area contributed by atoms with Gasteiger partial charge in [0.2, 0.25) is 6.29 Å². The average molecular weight is 301 g/mol. The van der Waals surface area contributed by atoms with Crippen molar-refractivity contribution in [1.82, 2.24) is 4.31 Å². The number of ether oxygens (including phenoxy) is 2. The summed E-state index contributed by atoms with van der Waals surface area (Å²) in [6.07, 6.45) is -0.368. The Morgan fingerprint density at radius 2 is 2.10 bits per heavy atom. The molecule has 7 heteroatoms. The first-order valence-corrected chi connectivity index (χ1v) is 7.57. The van der Waals surface area contributed by atoms with Crippen LogP contribution in [0.2, 0.25) is 0 Å². The molecule has 0 aliphatic carbocycles. The van der Waals surface area contributed by atoms with E-state index >= 15 is 0 Å². The van der Waals surface area contributed by atoms with Crippen LogP contribution in [0, 0.1) is 0 Å². The smallest absolute Gasteiger partial charge is 0.335 e. The zero-order valence-electron chi connectivity index (χ0n) is 12.0. The highest BCUT2D eigenvalue weighted by Gasteiger charge is 2.42. The van der Waals surface area contributed by atoms with Gasteiger partial charge in [0, 0.05) is 26.3 Å². The van der Waals surface area contributed by atoms with Gasteiger partial charge >= 0.3 is 10.3 Å². The molecule has 1 aromatic rings. The fraction of sp³-hybridized carbons (Fsp3) is 0.538. The quantitative estimate of drug-likeness (QED) is 0.854. The van der Waals surface area contributed by atoms with E-state index in [9.17, 15) is 8.42 Å². The predicted octanol–water partition coefficient (Wildman–Crippen LogP) is 1.56. The largest absolute Gasteiger partial charge is 0.464 e. The maximum Gasteiger partial charge on any atom is 0.335 e. The summed E-state index contributed by atoms with van der Waals surface area (Å²) in [5.41, 5.74) is 1.42. The lowest BCUT2D eigenvalue weighted by Crippen LogP contribution is -2.33. The van der Waals surface area contributed by atoms with Crippen molar-refractivity contribution in [2.75, 3.05) is 14.2 Å². The number of hydrogen-bond acceptors (Lipinski definition) is 4. The third-order valence-corrected chi connectivity index (χ3v) is 4.49. The van der Waals surface area contributed by atoms with Crippen molar-refractivity contribution < 1.29 is 22.4 Å². The van der Waals surface area contributed by atoms with Crippen LogP contribution < -0.4 is 4.74 Å². The fourth-order valence-electron chi connectivity index (χ4n) is 2.35. The van der Waals surface area contributed by atoms with Gasteiger partial charge in [0.1, 0.15) is 5.75 Å². The van der Waals surface area contributed by atoms with Crippen molar-refractivity contribution in [2.24, 2.45) is 0 Å². The van der Waals surface area contributed by atoms with E-state index in [4.69, 9.17) is 14.0 Å². The molecular weight excluding hydrogens is 282 g/mol. The van der Waals surface area contributed by atoms with Crippen LogP contribution in [0.25, 0.3) is 0 Å². The molecule has 1 unspecified atom stereocenters. The molecule has 0 fully saturated rings. The van der Waals surface area contributed by atoms with Gasteiger partial charge in [0.05, 0.1) is 5.41 Å².